The molecule has 2 heterocycles. The zero-order valence-corrected chi connectivity index (χ0v) is 20.4. The highest BCUT2D eigenvalue weighted by molar-refractivity contribution is 7.15. The fourth-order valence-electron chi connectivity index (χ4n) is 4.41. The Morgan fingerprint density at radius 2 is 1.92 bits per heavy atom. The minimum Gasteiger partial charge on any atom is -0.481 e. The molecule has 0 bridgehead atoms. The predicted molar refractivity (Wildman–Crippen MR) is 127 cm³/mol. The van der Waals surface area contributed by atoms with Gasteiger partial charge in [-0.2, -0.15) is 13.2 Å². The normalized spacial score (nSPS) is 23.9. The van der Waals surface area contributed by atoms with E-state index in [1.54, 1.807) is 32.2 Å². The zero-order valence-electron chi connectivity index (χ0n) is 19.6. The van der Waals surface area contributed by atoms with Gasteiger partial charge in [0.25, 0.3) is 0 Å². The molecule has 4 atom stereocenters. The van der Waals surface area contributed by atoms with Crippen LogP contribution in [0.5, 0.6) is 0 Å². The SMILES string of the molecule is Cc1cc(Nc2nccc(C(F)(F)F)n2)cc(-c2cnc(C3C(C(=O)O)CC(O)C(C)(C)C3O)s2)c1. The van der Waals surface area contributed by atoms with Crippen molar-refractivity contribution in [2.45, 2.75) is 51.5 Å². The van der Waals surface area contributed by atoms with Crippen molar-refractivity contribution in [1.82, 2.24) is 15.0 Å². The first-order valence-electron chi connectivity index (χ1n) is 11.1. The molecule has 2 aromatic heterocycles. The Balaban J connectivity index is 1.65. The highest BCUT2D eigenvalue weighted by Crippen LogP contribution is 2.48. The molecule has 4 unspecified atom stereocenters. The number of nitrogens with zero attached hydrogens (tertiary/aromatic N) is 3. The Bertz CT molecular complexity index is 1280. The van der Waals surface area contributed by atoms with Gasteiger partial charge in [0.05, 0.1) is 33.9 Å². The molecule has 12 heteroatoms. The number of carboxylic acids is 1. The van der Waals surface area contributed by atoms with Crippen molar-refractivity contribution in [3.8, 4) is 10.4 Å². The van der Waals surface area contributed by atoms with Gasteiger partial charge in [-0.05, 0) is 42.7 Å². The molecule has 192 valence electrons. The number of aliphatic hydroxyl groups excluding tert-OH is 2. The van der Waals surface area contributed by atoms with E-state index in [4.69, 9.17) is 0 Å². The monoisotopic (exact) mass is 522 g/mol. The van der Waals surface area contributed by atoms with Crippen LogP contribution in [0.25, 0.3) is 10.4 Å². The van der Waals surface area contributed by atoms with Crippen LogP contribution >= 0.6 is 11.3 Å². The largest absolute Gasteiger partial charge is 0.481 e. The smallest absolute Gasteiger partial charge is 0.433 e. The number of benzene rings is 1. The lowest BCUT2D eigenvalue weighted by atomic mass is 9.63. The number of thiazole rings is 1. The van der Waals surface area contributed by atoms with Crippen molar-refractivity contribution in [2.24, 2.45) is 11.3 Å². The van der Waals surface area contributed by atoms with E-state index in [1.165, 1.54) is 11.3 Å². The summed E-state index contributed by atoms with van der Waals surface area (Å²) in [5, 5.41) is 34.4. The van der Waals surface area contributed by atoms with Crippen LogP contribution < -0.4 is 5.32 Å². The molecule has 8 nitrogen and oxygen atoms in total. The topological polar surface area (TPSA) is 128 Å². The molecule has 0 radical (unpaired) electrons. The van der Waals surface area contributed by atoms with Gasteiger partial charge in [0.1, 0.15) is 5.69 Å². The average molecular weight is 523 g/mol. The lowest BCUT2D eigenvalue weighted by molar-refractivity contribution is -0.158. The molecule has 3 aromatic rings. The van der Waals surface area contributed by atoms with Gasteiger partial charge in [0.2, 0.25) is 5.95 Å². The van der Waals surface area contributed by atoms with Crippen molar-refractivity contribution >= 4 is 28.9 Å². The Labute approximate surface area is 208 Å². The number of anilines is 2. The first-order chi connectivity index (χ1) is 16.8. The van der Waals surface area contributed by atoms with E-state index >= 15 is 0 Å². The lowest BCUT2D eigenvalue weighted by Crippen LogP contribution is -2.53. The van der Waals surface area contributed by atoms with Gasteiger partial charge < -0.3 is 20.6 Å². The third kappa shape index (κ3) is 5.06. The number of hydrogen-bond donors (Lipinski definition) is 4. The van der Waals surface area contributed by atoms with E-state index in [-0.39, 0.29) is 12.4 Å². The number of halogens is 3. The molecule has 1 fully saturated rings. The standard InChI is InChI=1S/C24H25F3N4O4S/c1-11-6-12(8-13(7-11)30-22-28-5-4-16(31-22)24(25,26)27)15-10-29-20(36-15)18-14(21(34)35)9-17(32)23(2,3)19(18)33/h4-8,10,14,17-19,32-33H,9H2,1-3H3,(H,34,35)(H,28,30,31). The molecular formula is C24H25F3N4O4S. The van der Waals surface area contributed by atoms with Crippen molar-refractivity contribution < 1.29 is 33.3 Å². The summed E-state index contributed by atoms with van der Waals surface area (Å²) in [7, 11) is 0. The number of nitrogens with one attached hydrogen (secondary N) is 1. The molecule has 36 heavy (non-hydrogen) atoms. The molecule has 0 saturated heterocycles. The highest BCUT2D eigenvalue weighted by atomic mass is 32.1. The Morgan fingerprint density at radius 3 is 2.58 bits per heavy atom. The third-order valence-electron chi connectivity index (χ3n) is 6.56. The average Bonchev–Trinajstić information content (AvgIpc) is 3.26. The summed E-state index contributed by atoms with van der Waals surface area (Å²) < 4.78 is 39.0. The van der Waals surface area contributed by atoms with Gasteiger partial charge in [-0.15, -0.1) is 11.3 Å². The number of aliphatic carboxylic acids is 1. The molecule has 0 spiro atoms. The summed E-state index contributed by atoms with van der Waals surface area (Å²) >= 11 is 1.23. The van der Waals surface area contributed by atoms with E-state index in [1.807, 2.05) is 13.0 Å². The van der Waals surface area contributed by atoms with Crippen LogP contribution in [-0.4, -0.2) is 48.4 Å². The number of carboxylic acid groups (broad SMARTS) is 1. The molecule has 1 saturated carbocycles. The summed E-state index contributed by atoms with van der Waals surface area (Å²) in [6, 6.07) is 6.07. The van der Waals surface area contributed by atoms with Gasteiger partial charge in [0.15, 0.2) is 0 Å². The minimum absolute atomic E-state index is 0.00548. The Morgan fingerprint density at radius 1 is 1.19 bits per heavy atom. The number of hydrogen-bond acceptors (Lipinski definition) is 8. The number of aromatic nitrogens is 3. The third-order valence-corrected chi connectivity index (χ3v) is 7.71. The van der Waals surface area contributed by atoms with Crippen molar-refractivity contribution in [1.29, 1.82) is 0 Å². The number of aryl methyl sites for hydroxylation is 1. The molecule has 4 N–H and O–H groups in total. The Kier molecular flexibility index (Phi) is 6.80. The van der Waals surface area contributed by atoms with Gasteiger partial charge >= 0.3 is 12.1 Å². The molecule has 0 aliphatic heterocycles. The van der Waals surface area contributed by atoms with Gasteiger partial charge in [-0.3, -0.25) is 4.79 Å². The van der Waals surface area contributed by atoms with Crippen LogP contribution in [-0.2, 0) is 11.0 Å². The first kappa shape index (κ1) is 26.0. The van der Waals surface area contributed by atoms with E-state index in [9.17, 15) is 33.3 Å². The zero-order chi connectivity index (χ0) is 26.4. The van der Waals surface area contributed by atoms with Crippen molar-refractivity contribution in [2.75, 3.05) is 5.32 Å². The van der Waals surface area contributed by atoms with Crippen LogP contribution in [0.15, 0.2) is 36.7 Å². The van der Waals surface area contributed by atoms with E-state index in [2.05, 4.69) is 20.3 Å². The van der Waals surface area contributed by atoms with Crippen LogP contribution in [0.2, 0.25) is 0 Å². The maximum absolute atomic E-state index is 13.0. The summed E-state index contributed by atoms with van der Waals surface area (Å²) in [5.74, 6) is -3.13. The second-order valence-electron chi connectivity index (χ2n) is 9.53. The van der Waals surface area contributed by atoms with Gasteiger partial charge in [0, 0.05) is 23.5 Å². The van der Waals surface area contributed by atoms with E-state index < -0.39 is 47.3 Å². The molecule has 0 amide bonds. The molecule has 1 aliphatic rings. The van der Waals surface area contributed by atoms with Crippen LogP contribution in [0, 0.1) is 18.3 Å². The maximum Gasteiger partial charge on any atom is 0.433 e. The summed E-state index contributed by atoms with van der Waals surface area (Å²) in [5.41, 5.74) is -0.0166. The fraction of sp³-hybridized carbons (Fsp3) is 0.417. The quantitative estimate of drug-likeness (QED) is 0.383. The predicted octanol–water partition coefficient (Wildman–Crippen LogP) is 4.61. The molecular weight excluding hydrogens is 497 g/mol. The summed E-state index contributed by atoms with van der Waals surface area (Å²) in [6.45, 7) is 5.20. The maximum atomic E-state index is 13.0. The van der Waals surface area contributed by atoms with Crippen LogP contribution in [0.3, 0.4) is 0 Å². The number of rotatable bonds is 5. The second-order valence-corrected chi connectivity index (χ2v) is 10.6. The van der Waals surface area contributed by atoms with Crippen LogP contribution in [0.1, 0.15) is 42.5 Å². The molecule has 4 rings (SSSR count). The van der Waals surface area contributed by atoms with E-state index in [0.717, 1.165) is 17.8 Å². The number of carbonyl (C=O) groups is 1. The van der Waals surface area contributed by atoms with E-state index in [0.29, 0.717) is 21.1 Å². The van der Waals surface area contributed by atoms with Gasteiger partial charge in [-0.25, -0.2) is 15.0 Å². The Hall–Kier alpha value is -3.09. The number of alkyl halides is 3. The fourth-order valence-corrected chi connectivity index (χ4v) is 5.51. The van der Waals surface area contributed by atoms with Gasteiger partial charge in [-0.1, -0.05) is 19.9 Å². The number of aliphatic hydroxyl groups is 2. The second kappa shape index (κ2) is 9.41. The summed E-state index contributed by atoms with van der Waals surface area (Å²) in [6.07, 6.45) is -4.12. The highest BCUT2D eigenvalue weighted by Gasteiger charge is 2.52. The first-order valence-corrected chi connectivity index (χ1v) is 11.9. The molecule has 1 aromatic carbocycles. The van der Waals surface area contributed by atoms with Crippen LogP contribution in [0.4, 0.5) is 24.8 Å². The van der Waals surface area contributed by atoms with Crippen molar-refractivity contribution in [3.63, 3.8) is 0 Å². The minimum atomic E-state index is -4.60. The molecule has 1 aliphatic carbocycles. The lowest BCUT2D eigenvalue weighted by Gasteiger charge is -2.46. The van der Waals surface area contributed by atoms with Crippen molar-refractivity contribution in [3.05, 3.63) is 52.9 Å². The summed E-state index contributed by atoms with van der Waals surface area (Å²) in [4.78, 5) is 24.4.